The molecule has 1 heterocycles. The monoisotopic (exact) mass is 309 g/mol. The van der Waals surface area contributed by atoms with Crippen LogP contribution in [0.3, 0.4) is 0 Å². The summed E-state index contributed by atoms with van der Waals surface area (Å²) in [6, 6.07) is 0.366. The summed E-state index contributed by atoms with van der Waals surface area (Å²) in [6.45, 7) is 9.29. The number of nitrogens with zero attached hydrogens (tertiary/aromatic N) is 2. The molecule has 1 aromatic heterocycles. The third-order valence-electron chi connectivity index (χ3n) is 4.90. The first-order valence-corrected chi connectivity index (χ1v) is 8.23. The SMILES string of the molecule is CCOC1CC(Nc2nc(C3CC3)nc(Cl)c2C)C1(C)C. The average Bonchev–Trinajstić information content (AvgIpc) is 3.26. The van der Waals surface area contributed by atoms with Gasteiger partial charge in [0, 0.05) is 29.5 Å². The van der Waals surface area contributed by atoms with E-state index in [0.29, 0.717) is 23.2 Å². The van der Waals surface area contributed by atoms with Gasteiger partial charge in [0.05, 0.1) is 6.10 Å². The Morgan fingerprint density at radius 3 is 2.62 bits per heavy atom. The van der Waals surface area contributed by atoms with Crippen molar-refractivity contribution in [2.24, 2.45) is 5.41 Å². The van der Waals surface area contributed by atoms with Crippen molar-refractivity contribution in [1.82, 2.24) is 9.97 Å². The van der Waals surface area contributed by atoms with Crippen molar-refractivity contribution < 1.29 is 4.74 Å². The molecule has 2 fully saturated rings. The van der Waals surface area contributed by atoms with Crippen LogP contribution in [0.25, 0.3) is 0 Å². The van der Waals surface area contributed by atoms with Crippen molar-refractivity contribution >= 4 is 17.4 Å². The second kappa shape index (κ2) is 5.40. The minimum atomic E-state index is 0.111. The van der Waals surface area contributed by atoms with E-state index in [-0.39, 0.29) is 5.41 Å². The van der Waals surface area contributed by atoms with Gasteiger partial charge in [-0.25, -0.2) is 9.97 Å². The molecule has 116 valence electrons. The van der Waals surface area contributed by atoms with Crippen LogP contribution in [0.15, 0.2) is 0 Å². The summed E-state index contributed by atoms with van der Waals surface area (Å²) in [7, 11) is 0. The van der Waals surface area contributed by atoms with Crippen LogP contribution >= 0.6 is 11.6 Å². The summed E-state index contributed by atoms with van der Waals surface area (Å²) >= 11 is 6.27. The summed E-state index contributed by atoms with van der Waals surface area (Å²) in [4.78, 5) is 9.12. The topological polar surface area (TPSA) is 47.0 Å². The molecule has 2 aliphatic carbocycles. The van der Waals surface area contributed by atoms with Crippen LogP contribution in [0.5, 0.6) is 0 Å². The number of anilines is 1. The largest absolute Gasteiger partial charge is 0.378 e. The maximum atomic E-state index is 6.27. The average molecular weight is 310 g/mol. The molecule has 3 rings (SSSR count). The number of rotatable bonds is 5. The van der Waals surface area contributed by atoms with Gasteiger partial charge in [0.2, 0.25) is 0 Å². The van der Waals surface area contributed by atoms with Gasteiger partial charge in [-0.1, -0.05) is 25.4 Å². The Balaban J connectivity index is 1.76. The Kier molecular flexibility index (Phi) is 3.87. The third kappa shape index (κ3) is 2.76. The molecule has 4 nitrogen and oxygen atoms in total. The second-order valence-electron chi connectivity index (χ2n) is 6.82. The molecule has 0 saturated heterocycles. The smallest absolute Gasteiger partial charge is 0.137 e. The third-order valence-corrected chi connectivity index (χ3v) is 5.27. The zero-order chi connectivity index (χ0) is 15.2. The number of aromatic nitrogens is 2. The van der Waals surface area contributed by atoms with E-state index in [2.05, 4.69) is 24.1 Å². The van der Waals surface area contributed by atoms with E-state index in [9.17, 15) is 0 Å². The molecule has 0 radical (unpaired) electrons. The molecule has 2 saturated carbocycles. The molecular weight excluding hydrogens is 286 g/mol. The number of halogens is 1. The van der Waals surface area contributed by atoms with Gasteiger partial charge in [0.15, 0.2) is 0 Å². The Labute approximate surface area is 131 Å². The summed E-state index contributed by atoms with van der Waals surface area (Å²) < 4.78 is 5.79. The second-order valence-corrected chi connectivity index (χ2v) is 7.18. The molecule has 2 aliphatic rings. The van der Waals surface area contributed by atoms with Crippen LogP contribution in [0.1, 0.15) is 57.3 Å². The summed E-state index contributed by atoms with van der Waals surface area (Å²) in [5.41, 5.74) is 1.05. The van der Waals surface area contributed by atoms with E-state index in [0.717, 1.165) is 30.2 Å². The molecule has 21 heavy (non-hydrogen) atoms. The van der Waals surface area contributed by atoms with Crippen molar-refractivity contribution in [2.45, 2.75) is 65.0 Å². The van der Waals surface area contributed by atoms with E-state index in [4.69, 9.17) is 21.3 Å². The lowest BCUT2D eigenvalue weighted by atomic mass is 9.64. The number of ether oxygens (including phenoxy) is 1. The van der Waals surface area contributed by atoms with Gasteiger partial charge >= 0.3 is 0 Å². The number of hydrogen-bond donors (Lipinski definition) is 1. The molecule has 1 aromatic rings. The maximum Gasteiger partial charge on any atom is 0.137 e. The normalized spacial score (nSPS) is 27.3. The van der Waals surface area contributed by atoms with Gasteiger partial charge in [0.1, 0.15) is 16.8 Å². The van der Waals surface area contributed by atoms with Gasteiger partial charge in [-0.15, -0.1) is 0 Å². The molecule has 0 bridgehead atoms. The molecule has 0 amide bonds. The van der Waals surface area contributed by atoms with Crippen LogP contribution in [-0.2, 0) is 4.74 Å². The molecule has 2 unspecified atom stereocenters. The van der Waals surface area contributed by atoms with Crippen molar-refractivity contribution in [3.63, 3.8) is 0 Å². The minimum absolute atomic E-state index is 0.111. The Bertz CT molecular complexity index is 543. The fourth-order valence-corrected chi connectivity index (χ4v) is 3.13. The predicted molar refractivity (Wildman–Crippen MR) is 85.0 cm³/mol. The highest BCUT2D eigenvalue weighted by Gasteiger charge is 2.49. The lowest BCUT2D eigenvalue weighted by Gasteiger charge is -2.51. The van der Waals surface area contributed by atoms with Crippen LogP contribution in [0.4, 0.5) is 5.82 Å². The van der Waals surface area contributed by atoms with Crippen molar-refractivity contribution in [3.8, 4) is 0 Å². The highest BCUT2D eigenvalue weighted by atomic mass is 35.5. The van der Waals surface area contributed by atoms with Crippen molar-refractivity contribution in [1.29, 1.82) is 0 Å². The first kappa shape index (κ1) is 15.0. The predicted octanol–water partition coefficient (Wildman–Crippen LogP) is 3.93. The fraction of sp³-hybridized carbons (Fsp3) is 0.750. The quantitative estimate of drug-likeness (QED) is 0.837. The van der Waals surface area contributed by atoms with Gasteiger partial charge < -0.3 is 10.1 Å². The van der Waals surface area contributed by atoms with E-state index < -0.39 is 0 Å². The lowest BCUT2D eigenvalue weighted by molar-refractivity contribution is -0.0976. The van der Waals surface area contributed by atoms with Crippen molar-refractivity contribution in [2.75, 3.05) is 11.9 Å². The van der Waals surface area contributed by atoms with E-state index in [1.807, 2.05) is 13.8 Å². The highest BCUT2D eigenvalue weighted by molar-refractivity contribution is 6.30. The van der Waals surface area contributed by atoms with E-state index in [1.165, 1.54) is 12.8 Å². The molecule has 2 atom stereocenters. The van der Waals surface area contributed by atoms with Crippen molar-refractivity contribution in [3.05, 3.63) is 16.5 Å². The van der Waals surface area contributed by atoms with Gasteiger partial charge in [-0.3, -0.25) is 0 Å². The molecule has 1 N–H and O–H groups in total. The van der Waals surface area contributed by atoms with E-state index >= 15 is 0 Å². The van der Waals surface area contributed by atoms with Crippen LogP contribution < -0.4 is 5.32 Å². The zero-order valence-corrected chi connectivity index (χ0v) is 14.0. The van der Waals surface area contributed by atoms with Gasteiger partial charge in [-0.05, 0) is 33.1 Å². The van der Waals surface area contributed by atoms with Crippen LogP contribution in [0.2, 0.25) is 5.15 Å². The van der Waals surface area contributed by atoms with Gasteiger partial charge in [-0.2, -0.15) is 0 Å². The van der Waals surface area contributed by atoms with E-state index in [1.54, 1.807) is 0 Å². The summed E-state index contributed by atoms with van der Waals surface area (Å²) in [5.74, 6) is 2.30. The Morgan fingerprint density at radius 2 is 2.05 bits per heavy atom. The Hall–Kier alpha value is -0.870. The minimum Gasteiger partial charge on any atom is -0.378 e. The molecular formula is C16H24ClN3O. The molecule has 0 spiro atoms. The summed E-state index contributed by atoms with van der Waals surface area (Å²) in [5, 5.41) is 4.15. The highest BCUT2D eigenvalue weighted by Crippen LogP contribution is 2.45. The molecule has 0 aromatic carbocycles. The van der Waals surface area contributed by atoms with Crippen LogP contribution in [0, 0.1) is 12.3 Å². The van der Waals surface area contributed by atoms with Crippen LogP contribution in [-0.4, -0.2) is 28.7 Å². The fourth-order valence-electron chi connectivity index (χ4n) is 2.95. The molecule has 5 heteroatoms. The summed E-state index contributed by atoms with van der Waals surface area (Å²) in [6.07, 6.45) is 3.70. The van der Waals surface area contributed by atoms with Gasteiger partial charge in [0.25, 0.3) is 0 Å². The first-order chi connectivity index (χ1) is 9.93. The number of hydrogen-bond acceptors (Lipinski definition) is 4. The Morgan fingerprint density at radius 1 is 1.33 bits per heavy atom. The first-order valence-electron chi connectivity index (χ1n) is 7.85. The maximum absolute atomic E-state index is 6.27. The standard InChI is InChI=1S/C16H24ClN3O/c1-5-21-12-8-11(16(12,3)4)18-14-9(2)13(17)19-15(20-14)10-6-7-10/h10-12H,5-8H2,1-4H3,(H,18,19,20). The zero-order valence-electron chi connectivity index (χ0n) is 13.2. The molecule has 0 aliphatic heterocycles. The number of nitrogens with one attached hydrogen (secondary N) is 1. The lowest BCUT2D eigenvalue weighted by Crippen LogP contribution is -2.58.